The van der Waals surface area contributed by atoms with Crippen molar-refractivity contribution in [2.24, 2.45) is 7.05 Å². The van der Waals surface area contributed by atoms with Crippen molar-refractivity contribution in [1.82, 2.24) is 19.3 Å². The van der Waals surface area contributed by atoms with Crippen LogP contribution in [-0.2, 0) is 11.8 Å². The van der Waals surface area contributed by atoms with E-state index in [2.05, 4.69) is 10.1 Å². The first-order valence-electron chi connectivity index (χ1n) is 8.07. The topological polar surface area (TPSA) is 106 Å². The quantitative estimate of drug-likeness (QED) is 0.636. The van der Waals surface area contributed by atoms with Crippen LogP contribution in [0.2, 0.25) is 0 Å². The molecule has 4 heterocycles. The van der Waals surface area contributed by atoms with Crippen LogP contribution >= 0.6 is 0 Å². The number of hydrogen-bond donors (Lipinski definition) is 3. The van der Waals surface area contributed by atoms with Crippen molar-refractivity contribution in [2.75, 3.05) is 0 Å². The predicted octanol–water partition coefficient (Wildman–Crippen LogP) is 0.431. The molecule has 0 unspecified atom stereocenters. The van der Waals surface area contributed by atoms with E-state index < -0.39 is 30.6 Å². The summed E-state index contributed by atoms with van der Waals surface area (Å²) in [6.07, 6.45) is 1.30. The van der Waals surface area contributed by atoms with Gasteiger partial charge >= 0.3 is 0 Å². The van der Waals surface area contributed by atoms with Crippen molar-refractivity contribution in [1.29, 1.82) is 0 Å². The number of aryl methyl sites for hydroxylation is 2. The van der Waals surface area contributed by atoms with Gasteiger partial charge in [0.05, 0.1) is 6.20 Å². The number of aromatic nitrogens is 4. The fourth-order valence-corrected chi connectivity index (χ4v) is 3.36. The van der Waals surface area contributed by atoms with Gasteiger partial charge in [-0.05, 0) is 24.6 Å². The van der Waals surface area contributed by atoms with Gasteiger partial charge in [-0.15, -0.1) is 0 Å². The van der Waals surface area contributed by atoms with E-state index in [1.54, 1.807) is 34.9 Å². The lowest BCUT2D eigenvalue weighted by Crippen LogP contribution is -2.34. The molecule has 0 bridgehead atoms. The molecule has 0 amide bonds. The summed E-state index contributed by atoms with van der Waals surface area (Å²) in [7, 11) is 1.74. The maximum Gasteiger partial charge on any atom is 0.164 e. The second-order valence-corrected chi connectivity index (χ2v) is 6.45. The minimum atomic E-state index is -1.23. The molecule has 0 spiro atoms. The van der Waals surface area contributed by atoms with Gasteiger partial charge in [0.15, 0.2) is 6.23 Å². The molecule has 1 aliphatic rings. The van der Waals surface area contributed by atoms with Crippen molar-refractivity contribution in [3.8, 4) is 0 Å². The van der Waals surface area contributed by atoms with E-state index in [0.29, 0.717) is 11.2 Å². The Morgan fingerprint density at radius 1 is 1.24 bits per heavy atom. The van der Waals surface area contributed by atoms with Crippen molar-refractivity contribution < 1.29 is 20.1 Å². The Labute approximate surface area is 143 Å². The summed E-state index contributed by atoms with van der Waals surface area (Å²) in [6, 6.07) is 3.80. The highest BCUT2D eigenvalue weighted by atomic mass is 16.6. The lowest BCUT2D eigenvalue weighted by molar-refractivity contribution is -0.0848. The van der Waals surface area contributed by atoms with Crippen LogP contribution in [0.4, 0.5) is 0 Å². The minimum Gasteiger partial charge on any atom is -0.387 e. The normalized spacial score (nSPS) is 27.9. The average molecular weight is 344 g/mol. The number of pyridine rings is 1. The molecule has 4 rings (SSSR count). The molecular weight excluding hydrogens is 324 g/mol. The third kappa shape index (κ3) is 2.54. The predicted molar refractivity (Wildman–Crippen MR) is 88.6 cm³/mol. The number of aliphatic hydroxyl groups is 3. The molecule has 3 N–H and O–H groups in total. The Hall–Kier alpha value is -2.26. The van der Waals surface area contributed by atoms with E-state index in [4.69, 9.17) is 4.74 Å². The second-order valence-electron chi connectivity index (χ2n) is 6.45. The lowest BCUT2D eigenvalue weighted by atomic mass is 10.0. The largest absolute Gasteiger partial charge is 0.387 e. The zero-order chi connectivity index (χ0) is 17.7. The maximum atomic E-state index is 10.5. The van der Waals surface area contributed by atoms with Gasteiger partial charge in [0.2, 0.25) is 0 Å². The number of nitrogens with zero attached hydrogens (tertiary/aromatic N) is 4. The summed E-state index contributed by atoms with van der Waals surface area (Å²) < 4.78 is 9.08. The number of ether oxygens (including phenoxy) is 1. The fourth-order valence-electron chi connectivity index (χ4n) is 3.36. The summed E-state index contributed by atoms with van der Waals surface area (Å²) >= 11 is 0. The van der Waals surface area contributed by atoms with Gasteiger partial charge in [0.1, 0.15) is 30.1 Å². The van der Waals surface area contributed by atoms with E-state index in [0.717, 1.165) is 10.9 Å². The smallest absolute Gasteiger partial charge is 0.164 e. The third-order valence-electron chi connectivity index (χ3n) is 4.76. The average Bonchev–Trinajstić information content (AvgIpc) is 3.27. The van der Waals surface area contributed by atoms with Crippen LogP contribution in [-0.4, -0.2) is 53.0 Å². The van der Waals surface area contributed by atoms with E-state index >= 15 is 0 Å². The summed E-state index contributed by atoms with van der Waals surface area (Å²) in [6.45, 7) is 1.98. The van der Waals surface area contributed by atoms with Crippen LogP contribution in [0.15, 0.2) is 36.9 Å². The SMILES string of the molecule is Cc1ccnc2c1ccn2[C@@H]1O[C@H]([C@H](O)c2cnn(C)c2)[C@@H](O)[C@H]1O. The molecule has 132 valence electrons. The molecule has 25 heavy (non-hydrogen) atoms. The highest BCUT2D eigenvalue weighted by Gasteiger charge is 2.47. The minimum absolute atomic E-state index is 0.519. The summed E-state index contributed by atoms with van der Waals surface area (Å²) in [5, 5.41) is 36.4. The molecule has 8 nitrogen and oxygen atoms in total. The van der Waals surface area contributed by atoms with Crippen molar-refractivity contribution in [3.63, 3.8) is 0 Å². The Morgan fingerprint density at radius 2 is 2.04 bits per heavy atom. The summed E-state index contributed by atoms with van der Waals surface area (Å²) in [4.78, 5) is 4.35. The van der Waals surface area contributed by atoms with Crippen LogP contribution in [0.1, 0.15) is 23.5 Å². The van der Waals surface area contributed by atoms with Gasteiger partial charge in [0.25, 0.3) is 0 Å². The van der Waals surface area contributed by atoms with E-state index in [9.17, 15) is 15.3 Å². The Bertz CT molecular complexity index is 905. The van der Waals surface area contributed by atoms with Crippen LogP contribution in [0.25, 0.3) is 11.0 Å². The number of fused-ring (bicyclic) bond motifs is 1. The molecule has 3 aromatic heterocycles. The van der Waals surface area contributed by atoms with E-state index in [1.165, 1.54) is 6.20 Å². The lowest BCUT2D eigenvalue weighted by Gasteiger charge is -2.20. The van der Waals surface area contributed by atoms with Crippen molar-refractivity contribution in [2.45, 2.75) is 37.6 Å². The van der Waals surface area contributed by atoms with Crippen LogP contribution in [0.5, 0.6) is 0 Å². The standard InChI is InChI=1S/C17H20N4O4/c1-9-3-5-18-16-11(9)4-6-21(16)17-14(24)13(23)15(25-17)12(22)10-7-19-20(2)8-10/h3-8,12-15,17,22-24H,1-2H3/t12-,13+,14-,15-,17-/m1/s1. The fraction of sp³-hybridized carbons (Fsp3) is 0.412. The van der Waals surface area contributed by atoms with Gasteiger partial charge in [0, 0.05) is 36.6 Å². The second kappa shape index (κ2) is 5.92. The van der Waals surface area contributed by atoms with Crippen LogP contribution < -0.4 is 0 Å². The van der Waals surface area contributed by atoms with Gasteiger partial charge in [-0.2, -0.15) is 5.10 Å². The molecule has 3 aromatic rings. The Morgan fingerprint density at radius 3 is 2.76 bits per heavy atom. The number of hydrogen-bond acceptors (Lipinski definition) is 6. The van der Waals surface area contributed by atoms with Crippen LogP contribution in [0.3, 0.4) is 0 Å². The molecule has 5 atom stereocenters. The van der Waals surface area contributed by atoms with Gasteiger partial charge < -0.3 is 24.6 Å². The van der Waals surface area contributed by atoms with Crippen LogP contribution in [0, 0.1) is 6.92 Å². The summed E-state index contributed by atoms with van der Waals surface area (Å²) in [5.41, 5.74) is 2.24. The molecule has 1 fully saturated rings. The first kappa shape index (κ1) is 16.2. The molecule has 1 aliphatic heterocycles. The monoisotopic (exact) mass is 344 g/mol. The Kier molecular flexibility index (Phi) is 3.84. The molecule has 0 saturated carbocycles. The molecule has 8 heteroatoms. The molecular formula is C17H20N4O4. The number of aliphatic hydroxyl groups excluding tert-OH is 3. The molecule has 0 aromatic carbocycles. The highest BCUT2D eigenvalue weighted by Crippen LogP contribution is 2.37. The molecule has 0 aliphatic carbocycles. The maximum absolute atomic E-state index is 10.5. The van der Waals surface area contributed by atoms with Gasteiger partial charge in [-0.25, -0.2) is 4.98 Å². The zero-order valence-electron chi connectivity index (χ0n) is 13.9. The molecule has 0 radical (unpaired) electrons. The first-order chi connectivity index (χ1) is 12.0. The third-order valence-corrected chi connectivity index (χ3v) is 4.76. The van der Waals surface area contributed by atoms with E-state index in [1.807, 2.05) is 19.1 Å². The Balaban J connectivity index is 1.66. The van der Waals surface area contributed by atoms with Gasteiger partial charge in [-0.1, -0.05) is 0 Å². The van der Waals surface area contributed by atoms with Crippen molar-refractivity contribution in [3.05, 3.63) is 48.0 Å². The number of rotatable bonds is 3. The van der Waals surface area contributed by atoms with Crippen molar-refractivity contribution >= 4 is 11.0 Å². The van der Waals surface area contributed by atoms with Gasteiger partial charge in [-0.3, -0.25) is 4.68 Å². The molecule has 1 saturated heterocycles. The van der Waals surface area contributed by atoms with E-state index in [-0.39, 0.29) is 0 Å². The summed E-state index contributed by atoms with van der Waals surface area (Å²) in [5.74, 6) is 0. The first-order valence-corrected chi connectivity index (χ1v) is 8.07. The highest BCUT2D eigenvalue weighted by molar-refractivity contribution is 5.79. The zero-order valence-corrected chi connectivity index (χ0v) is 13.9.